The third-order valence-corrected chi connectivity index (χ3v) is 4.26. The first kappa shape index (κ1) is 12.6. The van der Waals surface area contributed by atoms with Crippen LogP contribution in [0.2, 0.25) is 0 Å². The average molecular weight is 263 g/mol. The van der Waals surface area contributed by atoms with Gasteiger partial charge in [0.1, 0.15) is 0 Å². The van der Waals surface area contributed by atoms with Gasteiger partial charge in [-0.2, -0.15) is 0 Å². The Kier molecular flexibility index (Phi) is 3.05. The summed E-state index contributed by atoms with van der Waals surface area (Å²) < 4.78 is 10.8. The van der Waals surface area contributed by atoms with E-state index < -0.39 is 0 Å². The molecule has 2 heterocycles. The molecule has 4 heteroatoms. The van der Waals surface area contributed by atoms with Crippen LogP contribution in [0.4, 0.5) is 5.69 Å². The van der Waals surface area contributed by atoms with Gasteiger partial charge in [0.05, 0.1) is 0 Å². The Hall–Kier alpha value is -1.42. The van der Waals surface area contributed by atoms with E-state index in [4.69, 9.17) is 9.47 Å². The Morgan fingerprint density at radius 3 is 2.89 bits per heavy atom. The van der Waals surface area contributed by atoms with Crippen molar-refractivity contribution in [3.8, 4) is 11.5 Å². The smallest absolute Gasteiger partial charge is 0.231 e. The zero-order chi connectivity index (χ0) is 13.5. The van der Waals surface area contributed by atoms with Gasteiger partial charge >= 0.3 is 0 Å². The van der Waals surface area contributed by atoms with E-state index in [1.165, 1.54) is 0 Å². The number of nitrogens with zero attached hydrogens (tertiary/aromatic N) is 1. The van der Waals surface area contributed by atoms with Gasteiger partial charge in [0, 0.05) is 30.4 Å². The maximum Gasteiger partial charge on any atom is 0.231 e. The topological polar surface area (TPSA) is 41.9 Å². The zero-order valence-corrected chi connectivity index (χ0v) is 11.6. The molecule has 0 bridgehead atoms. The lowest BCUT2D eigenvalue weighted by atomic mass is 9.84. The lowest BCUT2D eigenvalue weighted by Gasteiger charge is -2.47. The van der Waals surface area contributed by atoms with Crippen LogP contribution in [-0.2, 0) is 0 Å². The molecule has 104 valence electrons. The minimum absolute atomic E-state index is 0.110. The SMILES string of the molecule is CC1(C)CCC(CO)CN1c1ccc2c(c1)OCO2. The minimum atomic E-state index is 0.110. The predicted molar refractivity (Wildman–Crippen MR) is 73.8 cm³/mol. The number of hydrogen-bond acceptors (Lipinski definition) is 4. The van der Waals surface area contributed by atoms with Crippen molar-refractivity contribution >= 4 is 5.69 Å². The summed E-state index contributed by atoms with van der Waals surface area (Å²) in [5, 5.41) is 9.41. The second kappa shape index (κ2) is 4.60. The largest absolute Gasteiger partial charge is 0.454 e. The van der Waals surface area contributed by atoms with Gasteiger partial charge in [-0.1, -0.05) is 0 Å². The molecular formula is C15H21NO3. The lowest BCUT2D eigenvalue weighted by Crippen LogP contribution is -2.51. The van der Waals surface area contributed by atoms with Gasteiger partial charge in [-0.3, -0.25) is 0 Å². The van der Waals surface area contributed by atoms with E-state index in [9.17, 15) is 5.11 Å². The van der Waals surface area contributed by atoms with Crippen LogP contribution in [-0.4, -0.2) is 30.6 Å². The van der Waals surface area contributed by atoms with Crippen molar-refractivity contribution < 1.29 is 14.6 Å². The molecule has 0 aliphatic carbocycles. The number of benzene rings is 1. The van der Waals surface area contributed by atoms with E-state index in [1.807, 2.05) is 12.1 Å². The first-order valence-corrected chi connectivity index (χ1v) is 6.88. The van der Waals surface area contributed by atoms with Gasteiger partial charge in [-0.15, -0.1) is 0 Å². The highest BCUT2D eigenvalue weighted by Crippen LogP contribution is 2.40. The van der Waals surface area contributed by atoms with Gasteiger partial charge in [-0.25, -0.2) is 0 Å². The molecule has 2 aliphatic heterocycles. The van der Waals surface area contributed by atoms with Gasteiger partial charge in [-0.05, 0) is 44.7 Å². The van der Waals surface area contributed by atoms with Crippen molar-refractivity contribution in [2.75, 3.05) is 24.8 Å². The Bertz CT molecular complexity index is 472. The van der Waals surface area contributed by atoms with Crippen LogP contribution in [0.5, 0.6) is 11.5 Å². The van der Waals surface area contributed by atoms with Crippen LogP contribution < -0.4 is 14.4 Å². The molecule has 1 aromatic carbocycles. The molecule has 2 aliphatic rings. The number of fused-ring (bicyclic) bond motifs is 1. The number of rotatable bonds is 2. The Labute approximate surface area is 113 Å². The van der Waals surface area contributed by atoms with Crippen molar-refractivity contribution in [2.24, 2.45) is 5.92 Å². The molecule has 1 unspecified atom stereocenters. The third-order valence-electron chi connectivity index (χ3n) is 4.26. The number of anilines is 1. The fourth-order valence-corrected chi connectivity index (χ4v) is 2.95. The van der Waals surface area contributed by atoms with Crippen LogP contribution in [0.15, 0.2) is 18.2 Å². The molecule has 0 radical (unpaired) electrons. The van der Waals surface area contributed by atoms with Crippen LogP contribution >= 0.6 is 0 Å². The van der Waals surface area contributed by atoms with E-state index in [1.54, 1.807) is 0 Å². The summed E-state index contributed by atoms with van der Waals surface area (Å²) in [7, 11) is 0. The standard InChI is InChI=1S/C15H21NO3/c1-15(2)6-5-11(9-17)8-16(15)12-3-4-13-14(7-12)19-10-18-13/h3-4,7,11,17H,5-6,8-10H2,1-2H3. The number of aliphatic hydroxyl groups is 1. The molecule has 0 saturated carbocycles. The summed E-state index contributed by atoms with van der Waals surface area (Å²) in [5.41, 5.74) is 1.26. The summed E-state index contributed by atoms with van der Waals surface area (Å²) in [6, 6.07) is 6.09. The quantitative estimate of drug-likeness (QED) is 0.889. The first-order chi connectivity index (χ1) is 9.10. The normalized spacial score (nSPS) is 24.6. The van der Waals surface area contributed by atoms with Crippen molar-refractivity contribution in [3.63, 3.8) is 0 Å². The summed E-state index contributed by atoms with van der Waals surface area (Å²) >= 11 is 0. The Balaban J connectivity index is 1.90. The van der Waals surface area contributed by atoms with Gasteiger partial charge in [0.2, 0.25) is 6.79 Å². The average Bonchev–Trinajstić information content (AvgIpc) is 2.85. The van der Waals surface area contributed by atoms with Gasteiger partial charge in [0.15, 0.2) is 11.5 Å². The van der Waals surface area contributed by atoms with Crippen LogP contribution in [0.3, 0.4) is 0 Å². The maximum atomic E-state index is 9.41. The molecule has 4 nitrogen and oxygen atoms in total. The molecule has 19 heavy (non-hydrogen) atoms. The predicted octanol–water partition coefficient (Wildman–Crippen LogP) is 2.40. The minimum Gasteiger partial charge on any atom is -0.454 e. The molecule has 1 aromatic rings. The number of hydrogen-bond donors (Lipinski definition) is 1. The molecule has 1 atom stereocenters. The third kappa shape index (κ3) is 2.25. The van der Waals surface area contributed by atoms with Crippen LogP contribution in [0.25, 0.3) is 0 Å². The number of piperidine rings is 1. The van der Waals surface area contributed by atoms with E-state index in [0.717, 1.165) is 36.6 Å². The van der Waals surface area contributed by atoms with Gasteiger partial charge in [0.25, 0.3) is 0 Å². The van der Waals surface area contributed by atoms with Crippen molar-refractivity contribution in [3.05, 3.63) is 18.2 Å². The van der Waals surface area contributed by atoms with Crippen molar-refractivity contribution in [2.45, 2.75) is 32.2 Å². The summed E-state index contributed by atoms with van der Waals surface area (Å²) in [6.45, 7) is 5.97. The fraction of sp³-hybridized carbons (Fsp3) is 0.600. The highest BCUT2D eigenvalue weighted by molar-refractivity contribution is 5.58. The van der Waals surface area contributed by atoms with E-state index in [-0.39, 0.29) is 12.1 Å². The van der Waals surface area contributed by atoms with Crippen molar-refractivity contribution in [1.82, 2.24) is 0 Å². The fourth-order valence-electron chi connectivity index (χ4n) is 2.95. The monoisotopic (exact) mass is 263 g/mol. The van der Waals surface area contributed by atoms with Crippen molar-refractivity contribution in [1.29, 1.82) is 0 Å². The van der Waals surface area contributed by atoms with Crippen LogP contribution in [0, 0.1) is 5.92 Å². The Morgan fingerprint density at radius 1 is 1.32 bits per heavy atom. The highest BCUT2D eigenvalue weighted by atomic mass is 16.7. The second-order valence-electron chi connectivity index (χ2n) is 6.05. The highest BCUT2D eigenvalue weighted by Gasteiger charge is 2.34. The summed E-state index contributed by atoms with van der Waals surface area (Å²) in [5.74, 6) is 2.00. The number of ether oxygens (including phenoxy) is 2. The number of aliphatic hydroxyl groups excluding tert-OH is 1. The van der Waals surface area contributed by atoms with Crippen LogP contribution in [0.1, 0.15) is 26.7 Å². The molecule has 1 N–H and O–H groups in total. The molecular weight excluding hydrogens is 242 g/mol. The molecule has 1 saturated heterocycles. The van der Waals surface area contributed by atoms with E-state index in [0.29, 0.717) is 12.7 Å². The first-order valence-electron chi connectivity index (χ1n) is 6.88. The van der Waals surface area contributed by atoms with Gasteiger partial charge < -0.3 is 19.5 Å². The molecule has 0 spiro atoms. The Morgan fingerprint density at radius 2 is 2.11 bits per heavy atom. The second-order valence-corrected chi connectivity index (χ2v) is 6.05. The molecule has 0 amide bonds. The molecule has 0 aromatic heterocycles. The summed E-state index contributed by atoms with van der Waals surface area (Å²) in [6.07, 6.45) is 2.18. The summed E-state index contributed by atoms with van der Waals surface area (Å²) in [4.78, 5) is 2.37. The molecule has 3 rings (SSSR count). The lowest BCUT2D eigenvalue weighted by molar-refractivity contribution is 0.174. The molecule has 1 fully saturated rings. The zero-order valence-electron chi connectivity index (χ0n) is 11.6. The maximum absolute atomic E-state index is 9.41. The van der Waals surface area contributed by atoms with E-state index >= 15 is 0 Å². The van der Waals surface area contributed by atoms with E-state index in [2.05, 4.69) is 24.8 Å².